The van der Waals surface area contributed by atoms with Crippen molar-refractivity contribution in [3.8, 4) is 11.5 Å². The Morgan fingerprint density at radius 2 is 1.90 bits per heavy atom. The molecule has 148 valence electrons. The van der Waals surface area contributed by atoms with Crippen LogP contribution in [-0.2, 0) is 9.59 Å². The molecule has 1 fully saturated rings. The summed E-state index contributed by atoms with van der Waals surface area (Å²) in [6.45, 7) is 1.73. The van der Waals surface area contributed by atoms with E-state index >= 15 is 0 Å². The standard InChI is InChI=1S/C20H15BrN2O5S/c1-11-2-4-13(5-3-11)22-18(24)9-23-19(25)17(29-20(23)26)7-12-6-15-16(8-14(12)21)28-10-27-15/h2-8H,9-10H2,1H3,(H,22,24)/b17-7-. The number of benzene rings is 2. The third-order valence-corrected chi connectivity index (χ3v) is 5.88. The molecule has 3 amide bonds. The van der Waals surface area contributed by atoms with E-state index in [1.165, 1.54) is 0 Å². The number of thioether (sulfide) groups is 1. The van der Waals surface area contributed by atoms with Gasteiger partial charge in [0.1, 0.15) is 6.54 Å². The van der Waals surface area contributed by atoms with E-state index in [1.807, 2.05) is 19.1 Å². The van der Waals surface area contributed by atoms with Crippen LogP contribution in [0.2, 0.25) is 0 Å². The number of imide groups is 1. The Bertz CT molecular complexity index is 1050. The normalized spacial score (nSPS) is 16.6. The molecule has 2 heterocycles. The summed E-state index contributed by atoms with van der Waals surface area (Å²) in [6, 6.07) is 10.7. The monoisotopic (exact) mass is 474 g/mol. The largest absolute Gasteiger partial charge is 0.454 e. The van der Waals surface area contributed by atoms with E-state index in [1.54, 1.807) is 30.3 Å². The first kappa shape index (κ1) is 19.5. The third-order valence-electron chi connectivity index (χ3n) is 4.29. The van der Waals surface area contributed by atoms with Gasteiger partial charge in [-0.1, -0.05) is 33.6 Å². The number of carbonyl (C=O) groups excluding carboxylic acids is 3. The molecule has 0 spiro atoms. The lowest BCUT2D eigenvalue weighted by molar-refractivity contribution is -0.127. The van der Waals surface area contributed by atoms with Crippen LogP contribution < -0.4 is 14.8 Å². The zero-order chi connectivity index (χ0) is 20.5. The van der Waals surface area contributed by atoms with Crippen molar-refractivity contribution in [1.82, 2.24) is 4.90 Å². The van der Waals surface area contributed by atoms with Crippen molar-refractivity contribution in [2.45, 2.75) is 6.92 Å². The lowest BCUT2D eigenvalue weighted by Crippen LogP contribution is -2.36. The van der Waals surface area contributed by atoms with Gasteiger partial charge in [0.05, 0.1) is 4.91 Å². The molecule has 7 nitrogen and oxygen atoms in total. The molecule has 2 aliphatic heterocycles. The van der Waals surface area contributed by atoms with Crippen LogP contribution in [0.15, 0.2) is 45.8 Å². The van der Waals surface area contributed by atoms with Crippen molar-refractivity contribution in [2.24, 2.45) is 0 Å². The van der Waals surface area contributed by atoms with Gasteiger partial charge in [-0.3, -0.25) is 19.3 Å². The van der Waals surface area contributed by atoms with E-state index in [2.05, 4.69) is 21.2 Å². The number of halogens is 1. The summed E-state index contributed by atoms with van der Waals surface area (Å²) in [5, 5.41) is 2.20. The van der Waals surface area contributed by atoms with Gasteiger partial charge in [-0.05, 0) is 54.6 Å². The molecule has 0 atom stereocenters. The van der Waals surface area contributed by atoms with E-state index in [4.69, 9.17) is 9.47 Å². The first-order valence-corrected chi connectivity index (χ1v) is 10.2. The van der Waals surface area contributed by atoms with E-state index in [-0.39, 0.29) is 18.2 Å². The number of ether oxygens (including phenoxy) is 2. The maximum Gasteiger partial charge on any atom is 0.294 e. The number of carbonyl (C=O) groups is 3. The quantitative estimate of drug-likeness (QED) is 0.669. The van der Waals surface area contributed by atoms with Crippen LogP contribution in [0.1, 0.15) is 11.1 Å². The highest BCUT2D eigenvalue weighted by atomic mass is 79.9. The van der Waals surface area contributed by atoms with Crippen molar-refractivity contribution in [3.63, 3.8) is 0 Å². The van der Waals surface area contributed by atoms with E-state index in [0.29, 0.717) is 27.2 Å². The number of hydrogen-bond donors (Lipinski definition) is 1. The Labute approximate surface area is 179 Å². The lowest BCUT2D eigenvalue weighted by Gasteiger charge is -2.12. The Morgan fingerprint density at radius 3 is 2.62 bits per heavy atom. The third kappa shape index (κ3) is 4.15. The smallest absolute Gasteiger partial charge is 0.294 e. The number of hydrogen-bond acceptors (Lipinski definition) is 6. The Kier molecular flexibility index (Phi) is 5.33. The molecule has 2 aromatic rings. The maximum absolute atomic E-state index is 12.7. The topological polar surface area (TPSA) is 84.9 Å². The second-order valence-corrected chi connectivity index (χ2v) is 8.26. The number of rotatable bonds is 4. The number of aryl methyl sites for hydroxylation is 1. The van der Waals surface area contributed by atoms with Crippen molar-refractivity contribution < 1.29 is 23.9 Å². The number of amides is 3. The number of anilines is 1. The summed E-state index contributed by atoms with van der Waals surface area (Å²) in [4.78, 5) is 38.4. The van der Waals surface area contributed by atoms with Gasteiger partial charge in [-0.25, -0.2) is 0 Å². The minimum Gasteiger partial charge on any atom is -0.454 e. The van der Waals surface area contributed by atoms with Gasteiger partial charge in [0.2, 0.25) is 12.7 Å². The Balaban J connectivity index is 1.48. The van der Waals surface area contributed by atoms with E-state index in [0.717, 1.165) is 22.2 Å². The SMILES string of the molecule is Cc1ccc(NC(=O)CN2C(=O)S/C(=C\c3cc4c(cc3Br)OCO4)C2=O)cc1. The average Bonchev–Trinajstić information content (AvgIpc) is 3.23. The molecular weight excluding hydrogens is 460 g/mol. The minimum atomic E-state index is -0.511. The van der Waals surface area contributed by atoms with Crippen LogP contribution in [-0.4, -0.2) is 35.3 Å². The molecule has 1 N–H and O–H groups in total. The van der Waals surface area contributed by atoms with Gasteiger partial charge in [-0.2, -0.15) is 0 Å². The van der Waals surface area contributed by atoms with Gasteiger partial charge in [0, 0.05) is 10.2 Å². The molecule has 0 aromatic heterocycles. The number of fused-ring (bicyclic) bond motifs is 1. The molecule has 0 saturated carbocycles. The fraction of sp³-hybridized carbons (Fsp3) is 0.150. The summed E-state index contributed by atoms with van der Waals surface area (Å²) in [7, 11) is 0. The van der Waals surface area contributed by atoms with E-state index < -0.39 is 17.1 Å². The molecule has 1 saturated heterocycles. The van der Waals surface area contributed by atoms with Gasteiger partial charge in [0.15, 0.2) is 11.5 Å². The van der Waals surface area contributed by atoms with Gasteiger partial charge in [0.25, 0.3) is 11.1 Å². The van der Waals surface area contributed by atoms with Gasteiger partial charge >= 0.3 is 0 Å². The number of nitrogens with one attached hydrogen (secondary N) is 1. The lowest BCUT2D eigenvalue weighted by atomic mass is 10.2. The van der Waals surface area contributed by atoms with Gasteiger partial charge in [-0.15, -0.1) is 0 Å². The molecule has 0 aliphatic carbocycles. The molecule has 29 heavy (non-hydrogen) atoms. The van der Waals surface area contributed by atoms with Crippen molar-refractivity contribution in [2.75, 3.05) is 18.7 Å². The predicted molar refractivity (Wildman–Crippen MR) is 113 cm³/mol. The van der Waals surface area contributed by atoms with Crippen LogP contribution in [0.4, 0.5) is 10.5 Å². The molecule has 0 unspecified atom stereocenters. The summed E-state index contributed by atoms with van der Waals surface area (Å²) < 4.78 is 11.4. The molecule has 2 aromatic carbocycles. The summed E-state index contributed by atoms with van der Waals surface area (Å²) in [5.41, 5.74) is 2.34. The highest BCUT2D eigenvalue weighted by molar-refractivity contribution is 9.10. The van der Waals surface area contributed by atoms with Crippen LogP contribution in [0.25, 0.3) is 6.08 Å². The second kappa shape index (κ2) is 7.92. The second-order valence-electron chi connectivity index (χ2n) is 6.41. The van der Waals surface area contributed by atoms with Crippen molar-refractivity contribution in [1.29, 1.82) is 0 Å². The van der Waals surface area contributed by atoms with Crippen molar-refractivity contribution >= 4 is 56.5 Å². The molecule has 4 rings (SSSR count). The molecule has 9 heteroatoms. The predicted octanol–water partition coefficient (Wildman–Crippen LogP) is 4.16. The zero-order valence-corrected chi connectivity index (χ0v) is 17.6. The fourth-order valence-electron chi connectivity index (χ4n) is 2.80. The molecule has 2 aliphatic rings. The fourth-order valence-corrected chi connectivity index (χ4v) is 4.07. The minimum absolute atomic E-state index is 0.137. The first-order chi connectivity index (χ1) is 13.9. The molecule has 0 bridgehead atoms. The van der Waals surface area contributed by atoms with Crippen LogP contribution in [0, 0.1) is 6.92 Å². The van der Waals surface area contributed by atoms with Crippen LogP contribution >= 0.6 is 27.7 Å². The zero-order valence-electron chi connectivity index (χ0n) is 15.2. The van der Waals surface area contributed by atoms with E-state index in [9.17, 15) is 14.4 Å². The van der Waals surface area contributed by atoms with Crippen molar-refractivity contribution in [3.05, 3.63) is 56.9 Å². The Hall–Kier alpha value is -2.78. The van der Waals surface area contributed by atoms with Gasteiger partial charge < -0.3 is 14.8 Å². The maximum atomic E-state index is 12.7. The summed E-state index contributed by atoms with van der Waals surface area (Å²) in [6.07, 6.45) is 1.59. The summed E-state index contributed by atoms with van der Waals surface area (Å²) in [5.74, 6) is 0.219. The average molecular weight is 475 g/mol. The molecule has 0 radical (unpaired) electrons. The van der Waals surface area contributed by atoms with Crippen LogP contribution in [0.3, 0.4) is 0 Å². The Morgan fingerprint density at radius 1 is 1.21 bits per heavy atom. The first-order valence-electron chi connectivity index (χ1n) is 8.62. The highest BCUT2D eigenvalue weighted by Crippen LogP contribution is 2.39. The molecular formula is C20H15BrN2O5S. The number of nitrogens with zero attached hydrogens (tertiary/aromatic N) is 1. The summed E-state index contributed by atoms with van der Waals surface area (Å²) >= 11 is 4.22. The highest BCUT2D eigenvalue weighted by Gasteiger charge is 2.36. The van der Waals surface area contributed by atoms with Crippen LogP contribution in [0.5, 0.6) is 11.5 Å².